The second-order valence-corrected chi connectivity index (χ2v) is 8.71. The minimum atomic E-state index is -0.423. The fraction of sp³-hybridized carbons (Fsp3) is 0.440. The molecule has 174 valence electrons. The van der Waals surface area contributed by atoms with Crippen LogP contribution in [0.1, 0.15) is 76.5 Å². The van der Waals surface area contributed by atoms with Crippen LogP contribution in [0.3, 0.4) is 0 Å². The van der Waals surface area contributed by atoms with Crippen LogP contribution in [0.25, 0.3) is 5.57 Å². The Balaban J connectivity index is 2.21. The van der Waals surface area contributed by atoms with E-state index < -0.39 is 6.10 Å². The van der Waals surface area contributed by atoms with E-state index in [4.69, 9.17) is 39.1 Å². The summed E-state index contributed by atoms with van der Waals surface area (Å²) >= 11 is 12.6. The van der Waals surface area contributed by atoms with Crippen molar-refractivity contribution in [2.75, 3.05) is 5.73 Å². The van der Waals surface area contributed by atoms with Crippen molar-refractivity contribution >= 4 is 40.8 Å². The molecule has 0 aliphatic carbocycles. The van der Waals surface area contributed by atoms with E-state index in [1.54, 1.807) is 30.5 Å². The van der Waals surface area contributed by atoms with Gasteiger partial charge < -0.3 is 21.2 Å². The fourth-order valence-electron chi connectivity index (χ4n) is 3.57. The molecule has 1 aromatic heterocycles. The second-order valence-electron chi connectivity index (χ2n) is 7.89. The summed E-state index contributed by atoms with van der Waals surface area (Å²) < 4.78 is 6.08. The number of hydrogen-bond acceptors (Lipinski definition) is 5. The topological polar surface area (TPSA) is 84.0 Å². The molecule has 1 aromatic carbocycles. The van der Waals surface area contributed by atoms with E-state index in [-0.39, 0.29) is 5.82 Å². The van der Waals surface area contributed by atoms with Crippen LogP contribution in [0.4, 0.5) is 5.82 Å². The van der Waals surface area contributed by atoms with Gasteiger partial charge in [0.05, 0.1) is 0 Å². The highest BCUT2D eigenvalue weighted by molar-refractivity contribution is 6.36. The second kappa shape index (κ2) is 13.3. The maximum absolute atomic E-state index is 7.90. The van der Waals surface area contributed by atoms with E-state index in [1.165, 1.54) is 25.5 Å². The molecule has 0 aliphatic heterocycles. The molecule has 32 heavy (non-hydrogen) atoms. The van der Waals surface area contributed by atoms with E-state index in [0.29, 0.717) is 33.0 Å². The summed E-state index contributed by atoms with van der Waals surface area (Å²) in [5, 5.41) is 12.5. The van der Waals surface area contributed by atoms with Gasteiger partial charge in [-0.25, -0.2) is 4.98 Å². The van der Waals surface area contributed by atoms with Crippen LogP contribution >= 0.6 is 23.2 Å². The van der Waals surface area contributed by atoms with Gasteiger partial charge in [-0.2, -0.15) is 0 Å². The van der Waals surface area contributed by atoms with E-state index in [0.717, 1.165) is 24.8 Å². The number of nitrogens with one attached hydrogen (secondary N) is 2. The molecule has 0 bridgehead atoms. The Morgan fingerprint density at radius 1 is 1.19 bits per heavy atom. The Labute approximate surface area is 201 Å². The Kier molecular flexibility index (Phi) is 10.8. The SMILES string of the molecule is CCCCCC(CCC)N/C=C(\C=N)c1cnc(N)c(OC(C)c2c(Cl)cccc2Cl)c1. The fourth-order valence-corrected chi connectivity index (χ4v) is 4.28. The molecule has 2 atom stereocenters. The van der Waals surface area contributed by atoms with Crippen molar-refractivity contribution in [2.45, 2.75) is 71.4 Å². The Morgan fingerprint density at radius 3 is 2.53 bits per heavy atom. The number of nitrogens with zero attached hydrogens (tertiary/aromatic N) is 1. The predicted molar refractivity (Wildman–Crippen MR) is 137 cm³/mol. The Morgan fingerprint density at radius 2 is 1.91 bits per heavy atom. The van der Waals surface area contributed by atoms with Crippen molar-refractivity contribution in [3.05, 3.63) is 57.8 Å². The lowest BCUT2D eigenvalue weighted by atomic mass is 10.0. The van der Waals surface area contributed by atoms with Crippen LogP contribution < -0.4 is 15.8 Å². The summed E-state index contributed by atoms with van der Waals surface area (Å²) in [5.41, 5.74) is 8.22. The minimum Gasteiger partial charge on any atom is -0.482 e. The molecule has 0 radical (unpaired) electrons. The molecule has 2 aromatic rings. The molecule has 5 nitrogen and oxygen atoms in total. The number of ether oxygens (including phenoxy) is 1. The van der Waals surface area contributed by atoms with Crippen LogP contribution in [-0.2, 0) is 0 Å². The lowest BCUT2D eigenvalue weighted by Crippen LogP contribution is -2.24. The molecule has 2 rings (SSSR count). The van der Waals surface area contributed by atoms with E-state index in [9.17, 15) is 0 Å². The normalized spacial score (nSPS) is 13.5. The largest absolute Gasteiger partial charge is 0.482 e. The summed E-state index contributed by atoms with van der Waals surface area (Å²) in [6.45, 7) is 6.26. The number of nitrogen functional groups attached to an aromatic ring is 1. The van der Waals surface area contributed by atoms with E-state index >= 15 is 0 Å². The molecule has 0 aliphatic rings. The van der Waals surface area contributed by atoms with Crippen LogP contribution in [0.5, 0.6) is 5.75 Å². The number of pyridine rings is 1. The number of rotatable bonds is 13. The third kappa shape index (κ3) is 7.42. The number of aromatic nitrogens is 1. The lowest BCUT2D eigenvalue weighted by Gasteiger charge is -2.19. The van der Waals surface area contributed by atoms with Crippen molar-refractivity contribution in [3.8, 4) is 5.75 Å². The average Bonchev–Trinajstić information content (AvgIpc) is 2.76. The number of halogens is 2. The Hall–Kier alpha value is -2.24. The van der Waals surface area contributed by atoms with Gasteiger partial charge in [-0.15, -0.1) is 0 Å². The van der Waals surface area contributed by atoms with Gasteiger partial charge in [0.15, 0.2) is 11.6 Å². The first-order chi connectivity index (χ1) is 15.4. The molecule has 2 unspecified atom stereocenters. The first-order valence-corrected chi connectivity index (χ1v) is 12.0. The Bertz CT molecular complexity index is 897. The maximum atomic E-state index is 7.90. The van der Waals surface area contributed by atoms with Crippen LogP contribution in [0.15, 0.2) is 36.7 Å². The number of nitrogens with two attached hydrogens (primary N) is 1. The molecule has 1 heterocycles. The third-order valence-corrected chi connectivity index (χ3v) is 6.01. The van der Waals surface area contributed by atoms with E-state index in [1.807, 2.05) is 13.1 Å². The van der Waals surface area contributed by atoms with Gasteiger partial charge in [0, 0.05) is 51.4 Å². The van der Waals surface area contributed by atoms with Crippen molar-refractivity contribution in [1.82, 2.24) is 10.3 Å². The smallest absolute Gasteiger partial charge is 0.166 e. The van der Waals surface area contributed by atoms with Crippen molar-refractivity contribution in [3.63, 3.8) is 0 Å². The van der Waals surface area contributed by atoms with Gasteiger partial charge in [0.2, 0.25) is 0 Å². The number of benzene rings is 1. The average molecular weight is 477 g/mol. The highest BCUT2D eigenvalue weighted by Crippen LogP contribution is 2.35. The highest BCUT2D eigenvalue weighted by Gasteiger charge is 2.17. The molecular formula is C25H34Cl2N4O. The predicted octanol–water partition coefficient (Wildman–Crippen LogP) is 7.44. The van der Waals surface area contributed by atoms with Gasteiger partial charge in [0.25, 0.3) is 0 Å². The van der Waals surface area contributed by atoms with Gasteiger partial charge in [-0.3, -0.25) is 0 Å². The quantitative estimate of drug-likeness (QED) is 0.207. The molecule has 0 spiro atoms. The molecule has 4 N–H and O–H groups in total. The van der Waals surface area contributed by atoms with Gasteiger partial charge in [0.1, 0.15) is 6.10 Å². The minimum absolute atomic E-state index is 0.268. The summed E-state index contributed by atoms with van der Waals surface area (Å²) in [7, 11) is 0. The number of anilines is 1. The number of hydrogen-bond donors (Lipinski definition) is 3. The number of unbranched alkanes of at least 4 members (excludes halogenated alkanes) is 2. The first-order valence-electron chi connectivity index (χ1n) is 11.2. The zero-order chi connectivity index (χ0) is 23.5. The molecular weight excluding hydrogens is 443 g/mol. The third-order valence-electron chi connectivity index (χ3n) is 5.35. The summed E-state index contributed by atoms with van der Waals surface area (Å²) in [4.78, 5) is 4.28. The molecule has 0 amide bonds. The zero-order valence-corrected chi connectivity index (χ0v) is 20.6. The van der Waals surface area contributed by atoms with E-state index in [2.05, 4.69) is 24.1 Å². The number of allylic oxidation sites excluding steroid dienone is 1. The van der Waals surface area contributed by atoms with Gasteiger partial charge in [-0.1, -0.05) is 68.8 Å². The standard InChI is InChI=1S/C25H34Cl2N4O/c1-4-6-7-10-20(9-5-2)30-16-19(14-28)18-13-23(25(29)31-15-18)32-17(3)24-21(26)11-8-12-22(24)27/h8,11-17,20,28,30H,4-7,9-10H2,1-3H3,(H2,29,31)/b19-16+,28-14?. The lowest BCUT2D eigenvalue weighted by molar-refractivity contribution is 0.228. The first kappa shape index (κ1) is 26.0. The molecule has 7 heteroatoms. The highest BCUT2D eigenvalue weighted by atomic mass is 35.5. The maximum Gasteiger partial charge on any atom is 0.166 e. The van der Waals surface area contributed by atoms with Crippen LogP contribution in [-0.4, -0.2) is 17.2 Å². The van der Waals surface area contributed by atoms with Gasteiger partial charge in [-0.05, 0) is 38.0 Å². The molecule has 0 saturated heterocycles. The summed E-state index contributed by atoms with van der Waals surface area (Å²) in [6, 6.07) is 7.53. The van der Waals surface area contributed by atoms with Crippen molar-refractivity contribution < 1.29 is 4.74 Å². The monoisotopic (exact) mass is 476 g/mol. The van der Waals surface area contributed by atoms with Gasteiger partial charge >= 0.3 is 0 Å². The van der Waals surface area contributed by atoms with Crippen molar-refractivity contribution in [2.24, 2.45) is 0 Å². The van der Waals surface area contributed by atoms with Crippen molar-refractivity contribution in [1.29, 1.82) is 5.41 Å². The summed E-state index contributed by atoms with van der Waals surface area (Å²) in [6.07, 6.45) is 11.4. The zero-order valence-electron chi connectivity index (χ0n) is 19.1. The molecule has 0 fully saturated rings. The molecule has 0 saturated carbocycles. The van der Waals surface area contributed by atoms with Crippen LogP contribution in [0.2, 0.25) is 10.0 Å². The van der Waals surface area contributed by atoms with Crippen LogP contribution in [0, 0.1) is 5.41 Å². The summed E-state index contributed by atoms with van der Waals surface area (Å²) in [5.74, 6) is 0.691.